The van der Waals surface area contributed by atoms with Crippen LogP contribution in [0.2, 0.25) is 0 Å². The summed E-state index contributed by atoms with van der Waals surface area (Å²) < 4.78 is 1.87. The number of aryl methyl sites for hydroxylation is 2. The molecule has 0 radical (unpaired) electrons. The van der Waals surface area contributed by atoms with Gasteiger partial charge in [0.25, 0.3) is 0 Å². The molecule has 3 aromatic rings. The van der Waals surface area contributed by atoms with Crippen LogP contribution in [0.15, 0.2) is 66.9 Å². The first-order valence-electron chi connectivity index (χ1n) is 8.09. The Balaban J connectivity index is 1.75. The molecule has 3 nitrogen and oxygen atoms in total. The van der Waals surface area contributed by atoms with E-state index in [9.17, 15) is 4.79 Å². The van der Waals surface area contributed by atoms with Crippen LogP contribution in [0.1, 0.15) is 28.5 Å². The highest BCUT2D eigenvalue weighted by Gasteiger charge is 2.05. The highest BCUT2D eigenvalue weighted by Crippen LogP contribution is 2.19. The number of allylic oxidation sites excluding steroid dienone is 1. The second-order valence-electron chi connectivity index (χ2n) is 5.67. The second-order valence-corrected chi connectivity index (χ2v) is 5.67. The van der Waals surface area contributed by atoms with Gasteiger partial charge in [-0.05, 0) is 37.1 Å². The molecule has 2 aromatic carbocycles. The van der Waals surface area contributed by atoms with Gasteiger partial charge in [0.15, 0.2) is 5.78 Å². The van der Waals surface area contributed by atoms with E-state index in [0.717, 1.165) is 28.9 Å². The maximum atomic E-state index is 12.3. The van der Waals surface area contributed by atoms with Crippen LogP contribution in [0.3, 0.4) is 0 Å². The van der Waals surface area contributed by atoms with E-state index in [0.29, 0.717) is 5.56 Å². The van der Waals surface area contributed by atoms with Crippen molar-refractivity contribution in [2.75, 3.05) is 0 Å². The number of ketones is 1. The van der Waals surface area contributed by atoms with Crippen molar-refractivity contribution in [3.05, 3.63) is 83.7 Å². The zero-order valence-electron chi connectivity index (χ0n) is 13.9. The largest absolute Gasteiger partial charge is 0.289 e. The summed E-state index contributed by atoms with van der Waals surface area (Å²) in [6, 6.07) is 17.8. The van der Waals surface area contributed by atoms with Gasteiger partial charge in [0.1, 0.15) is 0 Å². The molecule has 1 heterocycles. The molecule has 0 aliphatic rings. The Labute approximate surface area is 142 Å². The zero-order valence-corrected chi connectivity index (χ0v) is 13.9. The number of hydrogen-bond acceptors (Lipinski definition) is 2. The molecule has 0 saturated carbocycles. The van der Waals surface area contributed by atoms with Gasteiger partial charge in [0.2, 0.25) is 0 Å². The third kappa shape index (κ3) is 3.51. The molecule has 0 spiro atoms. The Hall–Kier alpha value is -2.94. The van der Waals surface area contributed by atoms with Crippen LogP contribution >= 0.6 is 0 Å². The highest BCUT2D eigenvalue weighted by molar-refractivity contribution is 6.07. The summed E-state index contributed by atoms with van der Waals surface area (Å²) in [6.45, 7) is 4.81. The molecule has 3 rings (SSSR count). The van der Waals surface area contributed by atoms with Crippen LogP contribution in [-0.2, 0) is 6.54 Å². The number of aromatic nitrogens is 2. The fourth-order valence-corrected chi connectivity index (χ4v) is 2.58. The Kier molecular flexibility index (Phi) is 4.71. The lowest BCUT2D eigenvalue weighted by molar-refractivity contribution is 0.104. The number of carbonyl (C=O) groups is 1. The predicted octanol–water partition coefficient (Wildman–Crippen LogP) is 4.77. The van der Waals surface area contributed by atoms with E-state index >= 15 is 0 Å². The average Bonchev–Trinajstić information content (AvgIpc) is 3.00. The summed E-state index contributed by atoms with van der Waals surface area (Å²) in [5.74, 6) is -0.00161. The SMILES string of the molecule is CCn1cc(/C=C/C(=O)c2ccc(-c3ccccc3)cc2)c(C)n1. The molecule has 0 bridgehead atoms. The van der Waals surface area contributed by atoms with Gasteiger partial charge in [0, 0.05) is 23.9 Å². The zero-order chi connectivity index (χ0) is 16.9. The molecule has 0 aliphatic carbocycles. The van der Waals surface area contributed by atoms with E-state index in [1.54, 1.807) is 6.08 Å². The lowest BCUT2D eigenvalue weighted by Gasteiger charge is -2.02. The molecule has 0 atom stereocenters. The summed E-state index contributed by atoms with van der Waals surface area (Å²) in [4.78, 5) is 12.3. The Morgan fingerprint density at radius 3 is 2.33 bits per heavy atom. The van der Waals surface area contributed by atoms with Gasteiger partial charge in [-0.15, -0.1) is 0 Å². The summed E-state index contributed by atoms with van der Waals surface area (Å²) in [5.41, 5.74) is 4.85. The van der Waals surface area contributed by atoms with Gasteiger partial charge < -0.3 is 0 Å². The van der Waals surface area contributed by atoms with Crippen molar-refractivity contribution in [3.8, 4) is 11.1 Å². The normalized spacial score (nSPS) is 11.1. The van der Waals surface area contributed by atoms with Crippen molar-refractivity contribution in [2.45, 2.75) is 20.4 Å². The molecular formula is C21H20N2O. The smallest absolute Gasteiger partial charge is 0.185 e. The maximum Gasteiger partial charge on any atom is 0.185 e. The lowest BCUT2D eigenvalue weighted by Crippen LogP contribution is -1.93. The van der Waals surface area contributed by atoms with E-state index in [4.69, 9.17) is 0 Å². The molecule has 0 saturated heterocycles. The van der Waals surface area contributed by atoms with Crippen LogP contribution in [0.25, 0.3) is 17.2 Å². The Bertz CT molecular complexity index is 859. The third-order valence-corrected chi connectivity index (χ3v) is 4.00. The first-order valence-corrected chi connectivity index (χ1v) is 8.09. The van der Waals surface area contributed by atoms with Crippen molar-refractivity contribution >= 4 is 11.9 Å². The van der Waals surface area contributed by atoms with Crippen LogP contribution in [-0.4, -0.2) is 15.6 Å². The fourth-order valence-electron chi connectivity index (χ4n) is 2.58. The van der Waals surface area contributed by atoms with E-state index in [-0.39, 0.29) is 5.78 Å². The second kappa shape index (κ2) is 7.09. The predicted molar refractivity (Wildman–Crippen MR) is 97.9 cm³/mol. The molecule has 0 unspecified atom stereocenters. The van der Waals surface area contributed by atoms with E-state index in [2.05, 4.69) is 17.2 Å². The monoisotopic (exact) mass is 316 g/mol. The van der Waals surface area contributed by atoms with Crippen molar-refractivity contribution < 1.29 is 4.79 Å². The first-order chi connectivity index (χ1) is 11.7. The highest BCUT2D eigenvalue weighted by atomic mass is 16.1. The average molecular weight is 316 g/mol. The molecule has 3 heteroatoms. The Morgan fingerprint density at radius 1 is 1.04 bits per heavy atom. The Morgan fingerprint density at radius 2 is 1.71 bits per heavy atom. The molecule has 120 valence electrons. The van der Waals surface area contributed by atoms with Gasteiger partial charge in [-0.2, -0.15) is 5.10 Å². The number of hydrogen-bond donors (Lipinski definition) is 0. The fraction of sp³-hybridized carbons (Fsp3) is 0.143. The first kappa shape index (κ1) is 15.9. The number of carbonyl (C=O) groups excluding carboxylic acids is 1. The number of rotatable bonds is 5. The summed E-state index contributed by atoms with van der Waals surface area (Å²) in [6.07, 6.45) is 5.40. The standard InChI is InChI=1S/C21H20N2O/c1-3-23-15-20(16(2)22-23)13-14-21(24)19-11-9-18(10-12-19)17-7-5-4-6-8-17/h4-15H,3H2,1-2H3/b14-13+. The summed E-state index contributed by atoms with van der Waals surface area (Å²) in [7, 11) is 0. The van der Waals surface area contributed by atoms with Crippen LogP contribution < -0.4 is 0 Å². The van der Waals surface area contributed by atoms with Gasteiger partial charge in [0.05, 0.1) is 5.69 Å². The topological polar surface area (TPSA) is 34.9 Å². The number of nitrogens with zero attached hydrogens (tertiary/aromatic N) is 2. The maximum absolute atomic E-state index is 12.3. The minimum Gasteiger partial charge on any atom is -0.289 e. The lowest BCUT2D eigenvalue weighted by atomic mass is 10.0. The van der Waals surface area contributed by atoms with Gasteiger partial charge in [-0.1, -0.05) is 54.6 Å². The molecule has 1 aromatic heterocycles. The van der Waals surface area contributed by atoms with E-state index in [1.165, 1.54) is 0 Å². The van der Waals surface area contributed by atoms with Crippen LogP contribution in [0.4, 0.5) is 0 Å². The molecule has 0 N–H and O–H groups in total. The van der Waals surface area contributed by atoms with E-state index < -0.39 is 0 Å². The molecule has 0 amide bonds. The number of benzene rings is 2. The third-order valence-electron chi connectivity index (χ3n) is 4.00. The van der Waals surface area contributed by atoms with Gasteiger partial charge in [-0.25, -0.2) is 0 Å². The van der Waals surface area contributed by atoms with Crippen molar-refractivity contribution in [3.63, 3.8) is 0 Å². The van der Waals surface area contributed by atoms with Crippen LogP contribution in [0, 0.1) is 6.92 Å². The molecule has 24 heavy (non-hydrogen) atoms. The van der Waals surface area contributed by atoms with Gasteiger partial charge in [-0.3, -0.25) is 9.48 Å². The quantitative estimate of drug-likeness (QED) is 0.502. The molecule has 0 aliphatic heterocycles. The van der Waals surface area contributed by atoms with Crippen molar-refractivity contribution in [1.29, 1.82) is 0 Å². The minimum atomic E-state index is -0.00161. The van der Waals surface area contributed by atoms with Crippen LogP contribution in [0.5, 0.6) is 0 Å². The summed E-state index contributed by atoms with van der Waals surface area (Å²) >= 11 is 0. The van der Waals surface area contributed by atoms with Crippen molar-refractivity contribution in [2.24, 2.45) is 0 Å². The van der Waals surface area contributed by atoms with E-state index in [1.807, 2.05) is 73.3 Å². The minimum absolute atomic E-state index is 0.00161. The molecule has 0 fully saturated rings. The summed E-state index contributed by atoms with van der Waals surface area (Å²) in [5, 5.41) is 4.38. The van der Waals surface area contributed by atoms with Crippen molar-refractivity contribution in [1.82, 2.24) is 9.78 Å². The van der Waals surface area contributed by atoms with Gasteiger partial charge >= 0.3 is 0 Å². The molecular weight excluding hydrogens is 296 g/mol.